The van der Waals surface area contributed by atoms with E-state index in [0.717, 1.165) is 11.3 Å². The number of aromatic nitrogens is 1. The Bertz CT molecular complexity index is 568. The first kappa shape index (κ1) is 12.1. The Morgan fingerprint density at radius 3 is 2.61 bits per heavy atom. The third-order valence-corrected chi connectivity index (χ3v) is 2.43. The number of rotatable bonds is 4. The zero-order valence-corrected chi connectivity index (χ0v) is 10.3. The van der Waals surface area contributed by atoms with Crippen molar-refractivity contribution in [2.75, 3.05) is 5.32 Å². The highest BCUT2D eigenvalue weighted by molar-refractivity contribution is 6.04. The number of aryl methyl sites for hydroxylation is 2. The fourth-order valence-electron chi connectivity index (χ4n) is 1.45. The largest absolute Gasteiger partial charge is 0.360 e. The summed E-state index contributed by atoms with van der Waals surface area (Å²) in [5.41, 5.74) is 1.79. The molecule has 0 atom stereocenters. The average molecular weight is 242 g/mol. The van der Waals surface area contributed by atoms with Crippen LogP contribution in [0.3, 0.4) is 0 Å². The molecule has 1 aromatic heterocycles. The summed E-state index contributed by atoms with van der Waals surface area (Å²) in [6.45, 7) is 3.79. The van der Waals surface area contributed by atoms with E-state index in [0.29, 0.717) is 11.4 Å². The normalized spacial score (nSPS) is 10.8. The number of carbonyl (C=O) groups excluding carboxylic acids is 1. The highest BCUT2D eigenvalue weighted by Gasteiger charge is 2.01. The molecule has 0 saturated heterocycles. The summed E-state index contributed by atoms with van der Waals surface area (Å²) in [6.07, 6.45) is 3.02. The van der Waals surface area contributed by atoms with E-state index in [1.165, 1.54) is 6.08 Å². The predicted molar refractivity (Wildman–Crippen MR) is 69.5 cm³/mol. The number of benzene rings is 1. The molecule has 0 aliphatic rings. The monoisotopic (exact) mass is 242 g/mol. The summed E-state index contributed by atoms with van der Waals surface area (Å²) in [5, 5.41) is 6.62. The Hall–Kier alpha value is -2.36. The van der Waals surface area contributed by atoms with Crippen LogP contribution in [0.2, 0.25) is 0 Å². The van der Waals surface area contributed by atoms with Crippen LogP contribution in [0.25, 0.3) is 0 Å². The van der Waals surface area contributed by atoms with E-state index in [2.05, 4.69) is 10.5 Å². The summed E-state index contributed by atoms with van der Waals surface area (Å²) < 4.78 is 4.89. The van der Waals surface area contributed by atoms with Crippen molar-refractivity contribution in [3.8, 4) is 0 Å². The molecule has 0 radical (unpaired) electrons. The Labute approximate surface area is 105 Å². The van der Waals surface area contributed by atoms with E-state index in [4.69, 9.17) is 4.52 Å². The molecule has 0 aliphatic carbocycles. The molecule has 0 spiro atoms. The van der Waals surface area contributed by atoms with Gasteiger partial charge >= 0.3 is 0 Å². The van der Waals surface area contributed by atoms with Crippen molar-refractivity contribution in [2.45, 2.75) is 13.8 Å². The maximum Gasteiger partial charge on any atom is 0.187 e. The lowest BCUT2D eigenvalue weighted by Crippen LogP contribution is -1.96. The first-order valence-corrected chi connectivity index (χ1v) is 5.62. The maximum absolute atomic E-state index is 11.8. The zero-order chi connectivity index (χ0) is 13.0. The van der Waals surface area contributed by atoms with Crippen LogP contribution in [-0.4, -0.2) is 10.9 Å². The number of nitrogens with one attached hydrogen (secondary N) is 1. The molecule has 18 heavy (non-hydrogen) atoms. The third-order valence-electron chi connectivity index (χ3n) is 2.43. The van der Waals surface area contributed by atoms with Crippen LogP contribution in [0.4, 0.5) is 5.82 Å². The van der Waals surface area contributed by atoms with Crippen molar-refractivity contribution in [3.63, 3.8) is 0 Å². The molecule has 0 amide bonds. The van der Waals surface area contributed by atoms with E-state index in [1.54, 1.807) is 19.2 Å². The van der Waals surface area contributed by atoms with Crippen LogP contribution in [0, 0.1) is 13.8 Å². The van der Waals surface area contributed by atoms with Gasteiger partial charge in [0.2, 0.25) is 0 Å². The van der Waals surface area contributed by atoms with Crippen LogP contribution >= 0.6 is 0 Å². The van der Waals surface area contributed by atoms with Crippen molar-refractivity contribution in [2.24, 2.45) is 0 Å². The number of nitrogens with zero attached hydrogens (tertiary/aromatic N) is 1. The Kier molecular flexibility index (Phi) is 3.57. The molecule has 4 nitrogen and oxygen atoms in total. The number of ketones is 1. The average Bonchev–Trinajstić information content (AvgIpc) is 2.76. The van der Waals surface area contributed by atoms with Gasteiger partial charge in [0.05, 0.1) is 0 Å². The second-order valence-electron chi connectivity index (χ2n) is 4.03. The zero-order valence-electron chi connectivity index (χ0n) is 10.3. The SMILES string of the molecule is Cc1ccc(C(=O)C=CNc2cc(C)on2)cc1. The van der Waals surface area contributed by atoms with Crippen LogP contribution in [0.1, 0.15) is 21.7 Å². The summed E-state index contributed by atoms with van der Waals surface area (Å²) in [4.78, 5) is 11.8. The van der Waals surface area contributed by atoms with E-state index in [-0.39, 0.29) is 5.78 Å². The Morgan fingerprint density at radius 1 is 1.28 bits per heavy atom. The van der Waals surface area contributed by atoms with Gasteiger partial charge in [-0.25, -0.2) is 0 Å². The number of hydrogen-bond donors (Lipinski definition) is 1. The fourth-order valence-corrected chi connectivity index (χ4v) is 1.45. The molecule has 92 valence electrons. The first-order chi connectivity index (χ1) is 8.65. The van der Waals surface area contributed by atoms with Crippen molar-refractivity contribution >= 4 is 11.6 Å². The predicted octanol–water partition coefficient (Wildman–Crippen LogP) is 3.10. The Balaban J connectivity index is 1.97. The number of carbonyl (C=O) groups is 1. The molecule has 0 saturated carbocycles. The second kappa shape index (κ2) is 5.31. The van der Waals surface area contributed by atoms with Crippen molar-refractivity contribution in [3.05, 3.63) is 59.5 Å². The summed E-state index contributed by atoms with van der Waals surface area (Å²) in [6, 6.07) is 9.19. The highest BCUT2D eigenvalue weighted by atomic mass is 16.5. The maximum atomic E-state index is 11.8. The van der Waals surface area contributed by atoms with Gasteiger partial charge < -0.3 is 9.84 Å². The van der Waals surface area contributed by atoms with Gasteiger partial charge in [-0.05, 0) is 13.8 Å². The topological polar surface area (TPSA) is 55.1 Å². The fraction of sp³-hybridized carbons (Fsp3) is 0.143. The molecular weight excluding hydrogens is 228 g/mol. The van der Waals surface area contributed by atoms with E-state index >= 15 is 0 Å². The molecule has 1 N–H and O–H groups in total. The molecule has 0 unspecified atom stereocenters. The van der Waals surface area contributed by atoms with Gasteiger partial charge in [0.1, 0.15) is 5.76 Å². The summed E-state index contributed by atoms with van der Waals surface area (Å²) in [5.74, 6) is 1.25. The smallest absolute Gasteiger partial charge is 0.187 e. The first-order valence-electron chi connectivity index (χ1n) is 5.62. The van der Waals surface area contributed by atoms with Gasteiger partial charge in [0, 0.05) is 23.9 Å². The van der Waals surface area contributed by atoms with Gasteiger partial charge in [-0.15, -0.1) is 0 Å². The number of hydrogen-bond acceptors (Lipinski definition) is 4. The minimum absolute atomic E-state index is 0.0530. The van der Waals surface area contributed by atoms with Crippen LogP contribution in [-0.2, 0) is 0 Å². The standard InChI is InChI=1S/C14H14N2O2/c1-10-3-5-12(6-4-10)13(17)7-8-15-14-9-11(2)18-16-14/h3-9H,1-2H3,(H,15,16). The lowest BCUT2D eigenvalue weighted by atomic mass is 10.1. The molecule has 0 fully saturated rings. The molecule has 1 heterocycles. The molecule has 0 bridgehead atoms. The number of anilines is 1. The molecular formula is C14H14N2O2. The summed E-state index contributed by atoms with van der Waals surface area (Å²) >= 11 is 0. The lowest BCUT2D eigenvalue weighted by molar-refractivity contribution is 0.104. The molecule has 0 aliphatic heterocycles. The minimum atomic E-state index is -0.0530. The van der Waals surface area contributed by atoms with Gasteiger partial charge in [0.25, 0.3) is 0 Å². The van der Waals surface area contributed by atoms with Gasteiger partial charge in [-0.3, -0.25) is 4.79 Å². The van der Waals surface area contributed by atoms with Crippen molar-refractivity contribution < 1.29 is 9.32 Å². The van der Waals surface area contributed by atoms with Crippen LogP contribution in [0.5, 0.6) is 0 Å². The molecule has 1 aromatic carbocycles. The minimum Gasteiger partial charge on any atom is -0.360 e. The van der Waals surface area contributed by atoms with Crippen molar-refractivity contribution in [1.29, 1.82) is 0 Å². The highest BCUT2D eigenvalue weighted by Crippen LogP contribution is 2.07. The lowest BCUT2D eigenvalue weighted by Gasteiger charge is -1.96. The van der Waals surface area contributed by atoms with Crippen molar-refractivity contribution in [1.82, 2.24) is 5.16 Å². The van der Waals surface area contributed by atoms with Gasteiger partial charge in [-0.2, -0.15) is 0 Å². The Morgan fingerprint density at radius 2 is 2.00 bits per heavy atom. The van der Waals surface area contributed by atoms with E-state index in [1.807, 2.05) is 31.2 Å². The number of allylic oxidation sites excluding steroid dienone is 1. The van der Waals surface area contributed by atoms with Crippen LogP contribution in [0.15, 0.2) is 47.1 Å². The van der Waals surface area contributed by atoms with Gasteiger partial charge in [-0.1, -0.05) is 35.0 Å². The molecule has 4 heteroatoms. The quantitative estimate of drug-likeness (QED) is 0.661. The second-order valence-corrected chi connectivity index (χ2v) is 4.03. The van der Waals surface area contributed by atoms with Crippen LogP contribution < -0.4 is 5.32 Å². The molecule has 2 rings (SSSR count). The molecule has 2 aromatic rings. The third kappa shape index (κ3) is 3.07. The van der Waals surface area contributed by atoms with Gasteiger partial charge in [0.15, 0.2) is 11.6 Å². The summed E-state index contributed by atoms with van der Waals surface area (Å²) in [7, 11) is 0. The van der Waals surface area contributed by atoms with E-state index in [9.17, 15) is 4.79 Å². The van der Waals surface area contributed by atoms with E-state index < -0.39 is 0 Å².